The molecule has 0 bridgehead atoms. The van der Waals surface area contributed by atoms with Gasteiger partial charge in [0.15, 0.2) is 5.78 Å². The molecule has 38 heavy (non-hydrogen) atoms. The van der Waals surface area contributed by atoms with Crippen LogP contribution in [0.3, 0.4) is 0 Å². The molecule has 0 aliphatic rings. The number of rotatable bonds is 17. The van der Waals surface area contributed by atoms with E-state index in [1.54, 1.807) is 30.8 Å². The molecule has 0 aromatic heterocycles. The van der Waals surface area contributed by atoms with Crippen molar-refractivity contribution in [2.24, 2.45) is 0 Å². The van der Waals surface area contributed by atoms with Crippen LogP contribution in [0.5, 0.6) is 17.2 Å². The monoisotopic (exact) mass is 554 g/mol. The Morgan fingerprint density at radius 1 is 1.00 bits per heavy atom. The molecule has 7 nitrogen and oxygen atoms in total. The Labute approximate surface area is 252 Å². The summed E-state index contributed by atoms with van der Waals surface area (Å²) in [7, 11) is 0. The first-order chi connectivity index (χ1) is 17.7. The number of phenolic OH excluding ortho intramolecular Hbond substituents is 1. The van der Waals surface area contributed by atoms with Crippen molar-refractivity contribution in [1.82, 2.24) is 0 Å². The minimum absolute atomic E-state index is 0. The van der Waals surface area contributed by atoms with Gasteiger partial charge in [0, 0.05) is 33.3 Å². The minimum atomic E-state index is -1.12. The number of ketones is 1. The van der Waals surface area contributed by atoms with Crippen molar-refractivity contribution < 1.29 is 63.9 Å². The summed E-state index contributed by atoms with van der Waals surface area (Å²) < 4.78 is 12.1. The number of hydrogen-bond donors (Lipinski definition) is 2. The van der Waals surface area contributed by atoms with Crippen LogP contribution in [0.1, 0.15) is 93.0 Å². The summed E-state index contributed by atoms with van der Waals surface area (Å²) >= 11 is 1.63. The molecule has 0 amide bonds. The van der Waals surface area contributed by atoms with Gasteiger partial charge < -0.3 is 29.6 Å². The van der Waals surface area contributed by atoms with Crippen molar-refractivity contribution in [3.05, 3.63) is 46.5 Å². The van der Waals surface area contributed by atoms with Gasteiger partial charge in [0.25, 0.3) is 0 Å². The topological polar surface area (TPSA) is 116 Å². The van der Waals surface area contributed by atoms with Gasteiger partial charge in [-0.05, 0) is 70.2 Å². The number of aliphatic hydroxyl groups excluding tert-OH is 1. The van der Waals surface area contributed by atoms with Crippen LogP contribution in [0.25, 0.3) is 0 Å². The van der Waals surface area contributed by atoms with Gasteiger partial charge in [0.2, 0.25) is 0 Å². The molecular formula is C29H39NaO7S. The molecule has 1 atom stereocenters. The third kappa shape index (κ3) is 10.1. The second kappa shape index (κ2) is 17.8. The van der Waals surface area contributed by atoms with E-state index in [1.807, 2.05) is 19.1 Å². The second-order valence-corrected chi connectivity index (χ2v) is 10.1. The number of carbonyl (C=O) groups excluding carboxylic acids is 2. The SMILES string of the molecule is CCCc1c(SCCCOc2ccc(C(C)O)c(OCCCC(=O)[O-])c2CCC)ccc(C(C)=O)c1O.[Na+]. The first-order valence-electron chi connectivity index (χ1n) is 13.0. The zero-order valence-corrected chi connectivity index (χ0v) is 26.1. The number of phenols is 1. The van der Waals surface area contributed by atoms with Gasteiger partial charge in [-0.1, -0.05) is 26.7 Å². The summed E-state index contributed by atoms with van der Waals surface area (Å²) in [6.45, 7) is 7.91. The quantitative estimate of drug-likeness (QED) is 0.132. The van der Waals surface area contributed by atoms with Crippen molar-refractivity contribution in [3.8, 4) is 17.2 Å². The normalized spacial score (nSPS) is 11.5. The largest absolute Gasteiger partial charge is 1.00 e. The van der Waals surface area contributed by atoms with Crippen molar-refractivity contribution in [1.29, 1.82) is 0 Å². The van der Waals surface area contributed by atoms with E-state index in [0.29, 0.717) is 48.5 Å². The number of benzene rings is 2. The van der Waals surface area contributed by atoms with Crippen LogP contribution in [0.2, 0.25) is 0 Å². The molecule has 1 unspecified atom stereocenters. The fraction of sp³-hybridized carbons (Fsp3) is 0.517. The number of carboxylic acids is 1. The minimum Gasteiger partial charge on any atom is -0.550 e. The maximum atomic E-state index is 11.8. The van der Waals surface area contributed by atoms with Crippen molar-refractivity contribution in [2.75, 3.05) is 19.0 Å². The summed E-state index contributed by atoms with van der Waals surface area (Å²) in [6, 6.07) is 7.24. The van der Waals surface area contributed by atoms with Gasteiger partial charge in [-0.15, -0.1) is 11.8 Å². The molecule has 0 aliphatic heterocycles. The Hall–Kier alpha value is -1.71. The summed E-state index contributed by atoms with van der Waals surface area (Å²) in [4.78, 5) is 23.5. The van der Waals surface area contributed by atoms with Crippen molar-refractivity contribution >= 4 is 23.5 Å². The van der Waals surface area contributed by atoms with Crippen LogP contribution in [-0.4, -0.2) is 40.9 Å². The number of aromatic hydroxyl groups is 1. The van der Waals surface area contributed by atoms with E-state index in [4.69, 9.17) is 9.47 Å². The third-order valence-electron chi connectivity index (χ3n) is 5.89. The predicted octanol–water partition coefficient (Wildman–Crippen LogP) is 2.03. The molecule has 2 rings (SSSR count). The summed E-state index contributed by atoms with van der Waals surface area (Å²) in [5.41, 5.74) is 2.70. The summed E-state index contributed by atoms with van der Waals surface area (Å²) in [6.07, 6.45) is 3.37. The molecule has 0 spiro atoms. The second-order valence-electron chi connectivity index (χ2n) is 9.01. The molecule has 2 N–H and O–H groups in total. The number of aliphatic carboxylic acids is 1. The van der Waals surface area contributed by atoms with Crippen molar-refractivity contribution in [3.63, 3.8) is 0 Å². The first-order valence-corrected chi connectivity index (χ1v) is 14.0. The fourth-order valence-electron chi connectivity index (χ4n) is 4.09. The van der Waals surface area contributed by atoms with E-state index < -0.39 is 12.1 Å². The van der Waals surface area contributed by atoms with Crippen LogP contribution < -0.4 is 44.1 Å². The van der Waals surface area contributed by atoms with Crippen LogP contribution in [0.15, 0.2) is 29.2 Å². The molecule has 9 heteroatoms. The number of hydrogen-bond acceptors (Lipinski definition) is 8. The van der Waals surface area contributed by atoms with Crippen LogP contribution in [0, 0.1) is 0 Å². The maximum absolute atomic E-state index is 11.8. The van der Waals surface area contributed by atoms with Crippen LogP contribution >= 0.6 is 11.8 Å². The van der Waals surface area contributed by atoms with Gasteiger partial charge in [0.05, 0.1) is 24.9 Å². The first kappa shape index (κ1) is 34.3. The molecule has 2 aromatic rings. The molecular weight excluding hydrogens is 515 g/mol. The van der Waals surface area contributed by atoms with Gasteiger partial charge in [-0.2, -0.15) is 0 Å². The molecule has 0 heterocycles. The Kier molecular flexibility index (Phi) is 16.1. The molecule has 0 radical (unpaired) electrons. The zero-order valence-electron chi connectivity index (χ0n) is 23.3. The number of aliphatic hydroxyl groups is 1. The van der Waals surface area contributed by atoms with Crippen LogP contribution in [-0.2, 0) is 17.6 Å². The predicted molar refractivity (Wildman–Crippen MR) is 144 cm³/mol. The van der Waals surface area contributed by atoms with E-state index in [0.717, 1.165) is 41.0 Å². The smallest absolute Gasteiger partial charge is 0.550 e. The average molecular weight is 555 g/mol. The van der Waals surface area contributed by atoms with Crippen LogP contribution in [0.4, 0.5) is 0 Å². The molecule has 204 valence electrons. The number of Topliss-reactive ketones (excluding diaryl/α,β-unsaturated/α-hetero) is 1. The number of thioether (sulfide) groups is 1. The van der Waals surface area contributed by atoms with Gasteiger partial charge >= 0.3 is 29.6 Å². The standard InChI is InChI=1S/C29H40O7S.Na/c1-5-9-23-25(14-12-22(20(4)31)29(23)36-16-7-11-27(32)33)35-17-8-18-37-26-15-13-21(19(3)30)28(34)24(26)10-6-2;/h12-15,20,31,34H,5-11,16-18H2,1-4H3,(H,32,33);/q;+1/p-1. The Bertz CT molecular complexity index is 1060. The Balaban J connectivity index is 0.00000722. The number of carbonyl (C=O) groups is 2. The summed E-state index contributed by atoms with van der Waals surface area (Å²) in [5.74, 6) is 0.858. The third-order valence-corrected chi connectivity index (χ3v) is 7.08. The molecule has 0 saturated heterocycles. The van der Waals surface area contributed by atoms with E-state index in [-0.39, 0.29) is 54.1 Å². The number of carboxylic acid groups (broad SMARTS) is 1. The van der Waals surface area contributed by atoms with E-state index in [1.165, 1.54) is 6.92 Å². The van der Waals surface area contributed by atoms with Gasteiger partial charge in [-0.25, -0.2) is 0 Å². The van der Waals surface area contributed by atoms with E-state index in [9.17, 15) is 24.9 Å². The number of ether oxygens (including phenoxy) is 2. The average Bonchev–Trinajstić information content (AvgIpc) is 2.84. The molecule has 0 saturated carbocycles. The maximum Gasteiger partial charge on any atom is 1.00 e. The Morgan fingerprint density at radius 3 is 2.26 bits per heavy atom. The summed E-state index contributed by atoms with van der Waals surface area (Å²) in [5, 5.41) is 31.6. The molecule has 2 aromatic carbocycles. The van der Waals surface area contributed by atoms with E-state index >= 15 is 0 Å². The van der Waals surface area contributed by atoms with Gasteiger partial charge in [0.1, 0.15) is 17.2 Å². The zero-order chi connectivity index (χ0) is 27.4. The Morgan fingerprint density at radius 2 is 1.66 bits per heavy atom. The van der Waals surface area contributed by atoms with Crippen molar-refractivity contribution in [2.45, 2.75) is 83.6 Å². The van der Waals surface area contributed by atoms with Gasteiger partial charge in [-0.3, -0.25) is 4.79 Å². The molecule has 0 aliphatic carbocycles. The fourth-order valence-corrected chi connectivity index (χ4v) is 5.11. The van der Waals surface area contributed by atoms with E-state index in [2.05, 4.69) is 6.92 Å². The molecule has 0 fully saturated rings.